The molecule has 0 aromatic rings. The number of rotatable bonds is 1. The van der Waals surface area contributed by atoms with Gasteiger partial charge < -0.3 is 14.7 Å². The van der Waals surface area contributed by atoms with Crippen LogP contribution in [0.15, 0.2) is 23.7 Å². The molecular weight excluding hydrogens is 213 g/mol. The minimum atomic E-state index is -0.313. The van der Waals surface area contributed by atoms with Crippen LogP contribution in [0.5, 0.6) is 0 Å². The number of hydrogen-bond acceptors (Lipinski definition) is 3. The maximum Gasteiger partial charge on any atom is 0.494 e. The van der Waals surface area contributed by atoms with E-state index < -0.39 is 0 Å². The van der Waals surface area contributed by atoms with Gasteiger partial charge in [-0.15, -0.1) is 0 Å². The van der Waals surface area contributed by atoms with Crippen molar-refractivity contribution in [2.45, 2.75) is 45.8 Å². The third kappa shape index (κ3) is 2.12. The summed E-state index contributed by atoms with van der Waals surface area (Å²) in [5.74, 6) is 0.133. The molecule has 1 fully saturated rings. The van der Waals surface area contributed by atoms with Gasteiger partial charge in [0.1, 0.15) is 0 Å². The molecule has 0 saturated carbocycles. The minimum absolute atomic E-state index is 0.133. The quantitative estimate of drug-likeness (QED) is 0.707. The van der Waals surface area contributed by atoms with E-state index in [2.05, 4.69) is 0 Å². The van der Waals surface area contributed by atoms with Crippen LogP contribution in [-0.4, -0.2) is 24.0 Å². The van der Waals surface area contributed by atoms with Gasteiger partial charge in [0.25, 0.3) is 0 Å². The zero-order valence-corrected chi connectivity index (χ0v) is 11.2. The van der Waals surface area contributed by atoms with E-state index in [0.717, 1.165) is 5.47 Å². The molecule has 2 rings (SSSR count). The van der Waals surface area contributed by atoms with Gasteiger partial charge in [0.2, 0.25) is 0 Å². The second-order valence-corrected chi connectivity index (χ2v) is 5.83. The SMILES string of the molecule is CC1C=C(B2OC(C)(C)C(C)(C)O2)C=CC1=N. The van der Waals surface area contributed by atoms with Crippen LogP contribution in [0.2, 0.25) is 0 Å². The summed E-state index contributed by atoms with van der Waals surface area (Å²) in [6.07, 6.45) is 5.79. The Bertz CT molecular complexity index is 394. The number of nitrogens with one attached hydrogen (secondary N) is 1. The van der Waals surface area contributed by atoms with E-state index in [-0.39, 0.29) is 24.2 Å². The van der Waals surface area contributed by atoms with Gasteiger partial charge in [0.15, 0.2) is 0 Å². The lowest BCUT2D eigenvalue weighted by molar-refractivity contribution is 0.00578. The summed E-state index contributed by atoms with van der Waals surface area (Å²) in [5.41, 5.74) is 1.04. The Hall–Kier alpha value is -0.865. The largest absolute Gasteiger partial charge is 0.494 e. The summed E-state index contributed by atoms with van der Waals surface area (Å²) in [6, 6.07) is 0. The molecule has 1 atom stereocenters. The first-order chi connectivity index (χ1) is 7.73. The molecule has 1 aliphatic heterocycles. The molecule has 1 heterocycles. The summed E-state index contributed by atoms with van der Waals surface area (Å²) in [4.78, 5) is 0. The fourth-order valence-electron chi connectivity index (χ4n) is 1.91. The summed E-state index contributed by atoms with van der Waals surface area (Å²) in [5, 5.41) is 7.70. The third-order valence-corrected chi connectivity index (χ3v) is 3.91. The molecule has 0 amide bonds. The Morgan fingerprint density at radius 2 is 1.65 bits per heavy atom. The van der Waals surface area contributed by atoms with Crippen LogP contribution in [-0.2, 0) is 9.31 Å². The normalized spacial score (nSPS) is 30.6. The molecule has 17 heavy (non-hydrogen) atoms. The van der Waals surface area contributed by atoms with E-state index in [1.54, 1.807) is 0 Å². The molecule has 2 aliphatic rings. The fourth-order valence-corrected chi connectivity index (χ4v) is 1.91. The molecule has 0 aromatic carbocycles. The van der Waals surface area contributed by atoms with Crippen molar-refractivity contribution in [1.82, 2.24) is 0 Å². The van der Waals surface area contributed by atoms with Gasteiger partial charge in [0.05, 0.1) is 11.2 Å². The van der Waals surface area contributed by atoms with Crippen LogP contribution in [0.1, 0.15) is 34.6 Å². The van der Waals surface area contributed by atoms with Gasteiger partial charge >= 0.3 is 7.12 Å². The summed E-state index contributed by atoms with van der Waals surface area (Å²) in [7, 11) is -0.313. The van der Waals surface area contributed by atoms with Crippen molar-refractivity contribution in [3.8, 4) is 0 Å². The lowest BCUT2D eigenvalue weighted by Crippen LogP contribution is -2.41. The zero-order chi connectivity index (χ0) is 12.8. The average Bonchev–Trinajstić information content (AvgIpc) is 2.41. The monoisotopic (exact) mass is 233 g/mol. The lowest BCUT2D eigenvalue weighted by atomic mass is 9.73. The predicted molar refractivity (Wildman–Crippen MR) is 70.2 cm³/mol. The van der Waals surface area contributed by atoms with Gasteiger partial charge in [-0.3, -0.25) is 0 Å². The van der Waals surface area contributed by atoms with E-state index in [4.69, 9.17) is 14.7 Å². The van der Waals surface area contributed by atoms with Crippen molar-refractivity contribution in [1.29, 1.82) is 5.41 Å². The van der Waals surface area contributed by atoms with Crippen molar-refractivity contribution in [3.63, 3.8) is 0 Å². The highest BCUT2D eigenvalue weighted by molar-refractivity contribution is 6.56. The van der Waals surface area contributed by atoms with Crippen molar-refractivity contribution in [2.75, 3.05) is 0 Å². The van der Waals surface area contributed by atoms with Crippen LogP contribution < -0.4 is 0 Å². The molecule has 92 valence electrons. The molecule has 0 spiro atoms. The van der Waals surface area contributed by atoms with Crippen molar-refractivity contribution in [2.24, 2.45) is 5.92 Å². The van der Waals surface area contributed by atoms with Gasteiger partial charge in [-0.2, -0.15) is 0 Å². The molecule has 1 unspecified atom stereocenters. The second-order valence-electron chi connectivity index (χ2n) is 5.83. The molecule has 0 radical (unpaired) electrons. The van der Waals surface area contributed by atoms with Crippen LogP contribution in [0.4, 0.5) is 0 Å². The van der Waals surface area contributed by atoms with Gasteiger partial charge in [-0.05, 0) is 39.2 Å². The van der Waals surface area contributed by atoms with Gasteiger partial charge in [-0.25, -0.2) is 0 Å². The van der Waals surface area contributed by atoms with E-state index in [1.807, 2.05) is 52.8 Å². The predicted octanol–water partition coefficient (Wildman–Crippen LogP) is 2.77. The molecule has 3 nitrogen and oxygen atoms in total. The third-order valence-electron chi connectivity index (χ3n) is 3.91. The lowest BCUT2D eigenvalue weighted by Gasteiger charge is -2.32. The zero-order valence-electron chi connectivity index (χ0n) is 11.2. The molecule has 0 bridgehead atoms. The summed E-state index contributed by atoms with van der Waals surface area (Å²) < 4.78 is 11.9. The van der Waals surface area contributed by atoms with Crippen LogP contribution in [0.3, 0.4) is 0 Å². The van der Waals surface area contributed by atoms with E-state index in [0.29, 0.717) is 5.71 Å². The molecular formula is C13H20BNO2. The van der Waals surface area contributed by atoms with E-state index >= 15 is 0 Å². The number of hydrogen-bond donors (Lipinski definition) is 1. The van der Waals surface area contributed by atoms with Crippen LogP contribution in [0.25, 0.3) is 0 Å². The van der Waals surface area contributed by atoms with E-state index in [1.165, 1.54) is 0 Å². The highest BCUT2D eigenvalue weighted by Gasteiger charge is 2.52. The molecule has 1 N–H and O–H groups in total. The minimum Gasteiger partial charge on any atom is -0.399 e. The van der Waals surface area contributed by atoms with Gasteiger partial charge in [0, 0.05) is 11.6 Å². The van der Waals surface area contributed by atoms with Gasteiger partial charge in [-0.1, -0.05) is 19.1 Å². The highest BCUT2D eigenvalue weighted by atomic mass is 16.7. The molecule has 1 aliphatic carbocycles. The first-order valence-corrected chi connectivity index (χ1v) is 6.07. The fraction of sp³-hybridized carbons (Fsp3) is 0.615. The summed E-state index contributed by atoms with van der Waals surface area (Å²) in [6.45, 7) is 10.2. The smallest absolute Gasteiger partial charge is 0.399 e. The Balaban J connectivity index is 2.20. The van der Waals surface area contributed by atoms with Crippen LogP contribution >= 0.6 is 0 Å². The first kappa shape index (κ1) is 12.6. The molecule has 4 heteroatoms. The maximum atomic E-state index is 7.70. The second kappa shape index (κ2) is 3.82. The Morgan fingerprint density at radius 3 is 2.12 bits per heavy atom. The Morgan fingerprint density at radius 1 is 1.12 bits per heavy atom. The molecule has 0 aromatic heterocycles. The highest BCUT2D eigenvalue weighted by Crippen LogP contribution is 2.39. The average molecular weight is 233 g/mol. The molecule has 1 saturated heterocycles. The first-order valence-electron chi connectivity index (χ1n) is 6.07. The van der Waals surface area contributed by atoms with E-state index in [9.17, 15) is 0 Å². The van der Waals surface area contributed by atoms with Crippen molar-refractivity contribution in [3.05, 3.63) is 23.7 Å². The van der Waals surface area contributed by atoms with Crippen molar-refractivity contribution < 1.29 is 9.31 Å². The Kier molecular flexibility index (Phi) is 2.83. The van der Waals surface area contributed by atoms with Crippen molar-refractivity contribution >= 4 is 12.8 Å². The Labute approximate surface area is 104 Å². The standard InChI is InChI=1S/C13H20BNO2/c1-9-8-10(6-7-11(9)15)14-16-12(2,3)13(4,5)17-14/h6-9,15H,1-5H3. The maximum absolute atomic E-state index is 7.70. The number of allylic oxidation sites excluding steroid dienone is 4. The topological polar surface area (TPSA) is 42.3 Å². The summed E-state index contributed by atoms with van der Waals surface area (Å²) >= 11 is 0. The van der Waals surface area contributed by atoms with Crippen LogP contribution in [0, 0.1) is 11.3 Å².